The normalized spacial score (nSPS) is 13.9. The Morgan fingerprint density at radius 2 is 1.89 bits per heavy atom. The van der Waals surface area contributed by atoms with Crippen molar-refractivity contribution in [3.05, 3.63) is 40.3 Å². The fourth-order valence-corrected chi connectivity index (χ4v) is 3.32. The number of benzene rings is 1. The molecule has 1 aromatic carbocycles. The van der Waals surface area contributed by atoms with Gasteiger partial charge in [0.25, 0.3) is 5.56 Å². The minimum atomic E-state index is -0.325. The van der Waals surface area contributed by atoms with Gasteiger partial charge in [-0.25, -0.2) is 4.98 Å². The molecule has 2 aromatic rings. The summed E-state index contributed by atoms with van der Waals surface area (Å²) < 4.78 is 11.9. The Bertz CT molecular complexity index is 904. The lowest BCUT2D eigenvalue weighted by Gasteiger charge is -2.29. The number of carbonyl (C=O) groups is 1. The van der Waals surface area contributed by atoms with Gasteiger partial charge < -0.3 is 19.7 Å². The number of nitrogens with zero attached hydrogens (tertiary/aromatic N) is 3. The van der Waals surface area contributed by atoms with Gasteiger partial charge in [0.1, 0.15) is 18.0 Å². The summed E-state index contributed by atoms with van der Waals surface area (Å²) >= 11 is 0. The van der Waals surface area contributed by atoms with Crippen LogP contribution in [-0.4, -0.2) is 42.8 Å². The maximum atomic E-state index is 12.7. The number of rotatable bonds is 6. The van der Waals surface area contributed by atoms with E-state index in [2.05, 4.69) is 15.2 Å². The van der Waals surface area contributed by atoms with E-state index in [1.807, 2.05) is 0 Å². The van der Waals surface area contributed by atoms with Crippen LogP contribution in [0.1, 0.15) is 25.0 Å². The van der Waals surface area contributed by atoms with E-state index in [-0.39, 0.29) is 18.0 Å². The largest absolute Gasteiger partial charge is 0.497 e. The molecule has 0 saturated carbocycles. The molecule has 0 spiro atoms. The molecule has 0 atom stereocenters. The quantitative estimate of drug-likeness (QED) is 0.819. The molecule has 8 nitrogen and oxygen atoms in total. The average Bonchev–Trinajstić information content (AvgIpc) is 2.70. The first-order valence-electron chi connectivity index (χ1n) is 9.37. The number of amides is 1. The summed E-state index contributed by atoms with van der Waals surface area (Å²) in [6.45, 7) is 3.35. The van der Waals surface area contributed by atoms with E-state index < -0.39 is 0 Å². The second-order valence-corrected chi connectivity index (χ2v) is 6.78. The number of hydrogen-bond acceptors (Lipinski definition) is 6. The van der Waals surface area contributed by atoms with Crippen LogP contribution in [0.15, 0.2) is 29.1 Å². The van der Waals surface area contributed by atoms with Gasteiger partial charge in [-0.05, 0) is 38.3 Å². The second kappa shape index (κ2) is 8.77. The zero-order chi connectivity index (χ0) is 20.1. The topological polar surface area (TPSA) is 85.7 Å². The Balaban J connectivity index is 1.83. The van der Waals surface area contributed by atoms with Crippen molar-refractivity contribution in [2.45, 2.75) is 32.7 Å². The summed E-state index contributed by atoms with van der Waals surface area (Å²) in [5.41, 5.74) is 0.935. The summed E-state index contributed by atoms with van der Waals surface area (Å²) in [5.74, 6) is 1.34. The number of ether oxygens (including phenoxy) is 2. The van der Waals surface area contributed by atoms with Crippen LogP contribution in [0.2, 0.25) is 0 Å². The Morgan fingerprint density at radius 1 is 1.14 bits per heavy atom. The SMILES string of the molecule is COc1ccc(NC(=O)Cn2c(N3CCCCC3)nc(C)cc2=O)c(OC)c1. The van der Waals surface area contributed by atoms with Gasteiger partial charge in [0, 0.05) is 30.9 Å². The van der Waals surface area contributed by atoms with E-state index in [1.54, 1.807) is 32.2 Å². The van der Waals surface area contributed by atoms with Crippen LogP contribution in [0.3, 0.4) is 0 Å². The molecule has 1 aliphatic rings. The molecular weight excluding hydrogens is 360 g/mol. The Labute approximate surface area is 164 Å². The summed E-state index contributed by atoms with van der Waals surface area (Å²) in [5, 5.41) is 2.81. The minimum Gasteiger partial charge on any atom is -0.497 e. The van der Waals surface area contributed by atoms with Crippen molar-refractivity contribution in [2.75, 3.05) is 37.5 Å². The molecule has 8 heteroatoms. The molecule has 0 aliphatic carbocycles. The average molecular weight is 386 g/mol. The van der Waals surface area contributed by atoms with Gasteiger partial charge in [0.15, 0.2) is 0 Å². The molecule has 1 saturated heterocycles. The smallest absolute Gasteiger partial charge is 0.255 e. The van der Waals surface area contributed by atoms with Crippen molar-refractivity contribution in [1.82, 2.24) is 9.55 Å². The first-order chi connectivity index (χ1) is 13.5. The molecule has 1 fully saturated rings. The van der Waals surface area contributed by atoms with E-state index in [1.165, 1.54) is 24.2 Å². The van der Waals surface area contributed by atoms with Crippen LogP contribution in [0.5, 0.6) is 11.5 Å². The van der Waals surface area contributed by atoms with Crippen LogP contribution in [0.4, 0.5) is 11.6 Å². The maximum Gasteiger partial charge on any atom is 0.255 e. The predicted octanol–water partition coefficient (Wildman–Crippen LogP) is 2.20. The van der Waals surface area contributed by atoms with Crippen molar-refractivity contribution in [1.29, 1.82) is 0 Å². The molecule has 1 aromatic heterocycles. The molecule has 1 amide bonds. The first kappa shape index (κ1) is 19.7. The third-order valence-electron chi connectivity index (χ3n) is 4.74. The van der Waals surface area contributed by atoms with E-state index in [4.69, 9.17) is 9.47 Å². The maximum absolute atomic E-state index is 12.7. The fraction of sp³-hybridized carbons (Fsp3) is 0.450. The number of aromatic nitrogens is 2. The third-order valence-corrected chi connectivity index (χ3v) is 4.74. The molecule has 3 rings (SSSR count). The van der Waals surface area contributed by atoms with Crippen LogP contribution in [0.25, 0.3) is 0 Å². The molecule has 0 bridgehead atoms. The van der Waals surface area contributed by atoms with E-state index in [9.17, 15) is 9.59 Å². The highest BCUT2D eigenvalue weighted by molar-refractivity contribution is 5.92. The van der Waals surface area contributed by atoms with Crippen LogP contribution >= 0.6 is 0 Å². The lowest BCUT2D eigenvalue weighted by atomic mass is 10.1. The number of piperidine rings is 1. The monoisotopic (exact) mass is 386 g/mol. The zero-order valence-corrected chi connectivity index (χ0v) is 16.5. The highest BCUT2D eigenvalue weighted by Gasteiger charge is 2.19. The highest BCUT2D eigenvalue weighted by atomic mass is 16.5. The van der Waals surface area contributed by atoms with Crippen LogP contribution in [-0.2, 0) is 11.3 Å². The number of hydrogen-bond donors (Lipinski definition) is 1. The van der Waals surface area contributed by atoms with Gasteiger partial charge >= 0.3 is 0 Å². The summed E-state index contributed by atoms with van der Waals surface area (Å²) in [7, 11) is 3.08. The van der Waals surface area contributed by atoms with Gasteiger partial charge in [0.2, 0.25) is 11.9 Å². The second-order valence-electron chi connectivity index (χ2n) is 6.78. The summed E-state index contributed by atoms with van der Waals surface area (Å²) in [6.07, 6.45) is 3.28. The van der Waals surface area contributed by atoms with Crippen molar-refractivity contribution in [3.63, 3.8) is 0 Å². The molecule has 0 unspecified atom stereocenters. The van der Waals surface area contributed by atoms with E-state index in [0.29, 0.717) is 28.8 Å². The zero-order valence-electron chi connectivity index (χ0n) is 16.5. The minimum absolute atomic E-state index is 0.118. The van der Waals surface area contributed by atoms with E-state index in [0.717, 1.165) is 25.9 Å². The van der Waals surface area contributed by atoms with Crippen molar-refractivity contribution in [2.24, 2.45) is 0 Å². The van der Waals surface area contributed by atoms with Crippen molar-refractivity contribution < 1.29 is 14.3 Å². The molecule has 2 heterocycles. The number of anilines is 2. The molecule has 0 radical (unpaired) electrons. The Hall–Kier alpha value is -3.03. The Morgan fingerprint density at radius 3 is 2.57 bits per heavy atom. The van der Waals surface area contributed by atoms with Gasteiger partial charge in [-0.3, -0.25) is 14.2 Å². The van der Waals surface area contributed by atoms with Crippen LogP contribution in [0, 0.1) is 6.92 Å². The summed E-state index contributed by atoms with van der Waals surface area (Å²) in [4.78, 5) is 31.9. The Kier molecular flexibility index (Phi) is 6.18. The molecule has 150 valence electrons. The number of nitrogens with one attached hydrogen (secondary N) is 1. The fourth-order valence-electron chi connectivity index (χ4n) is 3.32. The molecule has 1 N–H and O–H groups in total. The van der Waals surface area contributed by atoms with Gasteiger partial charge in [-0.2, -0.15) is 0 Å². The van der Waals surface area contributed by atoms with Gasteiger partial charge in [-0.1, -0.05) is 0 Å². The number of methoxy groups -OCH3 is 2. The molecule has 1 aliphatic heterocycles. The van der Waals surface area contributed by atoms with Crippen molar-refractivity contribution in [3.8, 4) is 11.5 Å². The van der Waals surface area contributed by atoms with Gasteiger partial charge in [-0.15, -0.1) is 0 Å². The highest BCUT2D eigenvalue weighted by Crippen LogP contribution is 2.29. The number of carbonyl (C=O) groups excluding carboxylic acids is 1. The van der Waals surface area contributed by atoms with E-state index >= 15 is 0 Å². The molecule has 28 heavy (non-hydrogen) atoms. The van der Waals surface area contributed by atoms with Crippen molar-refractivity contribution >= 4 is 17.5 Å². The predicted molar refractivity (Wildman–Crippen MR) is 107 cm³/mol. The standard InChI is InChI=1S/C20H26N4O4/c1-14-11-19(26)24(20(21-14)23-9-5-4-6-10-23)13-18(25)22-16-8-7-15(27-2)12-17(16)28-3/h7-8,11-12H,4-6,9-10,13H2,1-3H3,(H,22,25). The number of aryl methyl sites for hydroxylation is 1. The van der Waals surface area contributed by atoms with Gasteiger partial charge in [0.05, 0.1) is 19.9 Å². The van der Waals surface area contributed by atoms with Crippen LogP contribution < -0.4 is 25.2 Å². The summed E-state index contributed by atoms with van der Waals surface area (Å²) in [6, 6.07) is 6.58. The lowest BCUT2D eigenvalue weighted by Crippen LogP contribution is -2.38. The first-order valence-corrected chi connectivity index (χ1v) is 9.37. The lowest BCUT2D eigenvalue weighted by molar-refractivity contribution is -0.116. The molecular formula is C20H26N4O4. The third kappa shape index (κ3) is 4.44.